The first-order chi connectivity index (χ1) is 9.01. The molecule has 102 valence electrons. The molecule has 0 spiro atoms. The van der Waals surface area contributed by atoms with Crippen molar-refractivity contribution >= 4 is 12.0 Å². The van der Waals surface area contributed by atoms with Gasteiger partial charge in [0, 0.05) is 6.42 Å². The summed E-state index contributed by atoms with van der Waals surface area (Å²) in [5.41, 5.74) is 2.09. The largest absolute Gasteiger partial charge is 0.465 e. The molecule has 0 aromatic heterocycles. The van der Waals surface area contributed by atoms with Crippen molar-refractivity contribution in [3.63, 3.8) is 0 Å². The second-order valence-corrected chi connectivity index (χ2v) is 5.93. The summed E-state index contributed by atoms with van der Waals surface area (Å²) >= 11 is 0. The van der Waals surface area contributed by atoms with Crippen molar-refractivity contribution in [3.05, 3.63) is 41.5 Å². The monoisotopic (exact) mass is 258 g/mol. The standard InChI is InChI=1S/C17H22O2/c1-13(2)12-15-7-5-4-6-14(15)8-9-17(3)10-11-19-16(17)18/h4-9,13H,10-12H2,1-3H3/b9-8+. The summed E-state index contributed by atoms with van der Waals surface area (Å²) in [7, 11) is 0. The van der Waals surface area contributed by atoms with Gasteiger partial charge < -0.3 is 4.74 Å². The maximum atomic E-state index is 11.7. The SMILES string of the molecule is CC(C)Cc1ccccc1/C=C/C1(C)CCOC1=O. The third-order valence-corrected chi connectivity index (χ3v) is 3.63. The highest BCUT2D eigenvalue weighted by atomic mass is 16.5. The summed E-state index contributed by atoms with van der Waals surface area (Å²) in [4.78, 5) is 11.7. The van der Waals surface area contributed by atoms with E-state index in [9.17, 15) is 4.79 Å². The molecule has 1 unspecified atom stereocenters. The van der Waals surface area contributed by atoms with Gasteiger partial charge in [0.15, 0.2) is 0 Å². The second-order valence-electron chi connectivity index (χ2n) is 5.93. The predicted molar refractivity (Wildman–Crippen MR) is 77.7 cm³/mol. The molecule has 2 rings (SSSR count). The highest BCUT2D eigenvalue weighted by Gasteiger charge is 2.37. The van der Waals surface area contributed by atoms with Gasteiger partial charge in [0.25, 0.3) is 0 Å². The Hall–Kier alpha value is -1.57. The van der Waals surface area contributed by atoms with E-state index in [4.69, 9.17) is 4.74 Å². The van der Waals surface area contributed by atoms with Gasteiger partial charge in [-0.2, -0.15) is 0 Å². The lowest BCUT2D eigenvalue weighted by molar-refractivity contribution is -0.143. The Kier molecular flexibility index (Phi) is 4.08. The number of esters is 1. The van der Waals surface area contributed by atoms with E-state index in [-0.39, 0.29) is 5.97 Å². The minimum Gasteiger partial charge on any atom is -0.465 e. The number of ether oxygens (including phenoxy) is 1. The molecule has 2 nitrogen and oxygen atoms in total. The minimum absolute atomic E-state index is 0.106. The lowest BCUT2D eigenvalue weighted by atomic mass is 9.87. The average Bonchev–Trinajstić information content (AvgIpc) is 2.68. The van der Waals surface area contributed by atoms with Crippen molar-refractivity contribution in [2.75, 3.05) is 6.61 Å². The normalized spacial score (nSPS) is 23.3. The van der Waals surface area contributed by atoms with Crippen LogP contribution in [-0.2, 0) is 16.0 Å². The van der Waals surface area contributed by atoms with E-state index >= 15 is 0 Å². The van der Waals surface area contributed by atoms with E-state index in [0.717, 1.165) is 12.8 Å². The molecule has 1 fully saturated rings. The quantitative estimate of drug-likeness (QED) is 0.767. The summed E-state index contributed by atoms with van der Waals surface area (Å²) in [6.45, 7) is 6.92. The number of hydrogen-bond acceptors (Lipinski definition) is 2. The summed E-state index contributed by atoms with van der Waals surface area (Å²) in [5, 5.41) is 0. The lowest BCUT2D eigenvalue weighted by Crippen LogP contribution is -2.18. The van der Waals surface area contributed by atoms with Gasteiger partial charge in [-0.3, -0.25) is 4.79 Å². The average molecular weight is 258 g/mol. The van der Waals surface area contributed by atoms with Crippen LogP contribution in [0.15, 0.2) is 30.3 Å². The molecule has 0 amide bonds. The lowest BCUT2D eigenvalue weighted by Gasteiger charge is -2.14. The maximum Gasteiger partial charge on any atom is 0.315 e. The molecule has 1 aliphatic rings. The highest BCUT2D eigenvalue weighted by Crippen LogP contribution is 2.32. The molecule has 1 saturated heterocycles. The highest BCUT2D eigenvalue weighted by molar-refractivity contribution is 5.81. The van der Waals surface area contributed by atoms with Crippen molar-refractivity contribution in [2.45, 2.75) is 33.6 Å². The van der Waals surface area contributed by atoms with Crippen LogP contribution >= 0.6 is 0 Å². The zero-order valence-electron chi connectivity index (χ0n) is 12.0. The summed E-state index contributed by atoms with van der Waals surface area (Å²) in [5.74, 6) is 0.520. The Labute approximate surface area is 115 Å². The molecule has 19 heavy (non-hydrogen) atoms. The molecule has 1 aromatic rings. The topological polar surface area (TPSA) is 26.3 Å². The van der Waals surface area contributed by atoms with E-state index in [1.807, 2.05) is 19.1 Å². The number of carbonyl (C=O) groups excluding carboxylic acids is 1. The van der Waals surface area contributed by atoms with Crippen molar-refractivity contribution in [1.82, 2.24) is 0 Å². The van der Waals surface area contributed by atoms with Crippen LogP contribution in [0.1, 0.15) is 38.3 Å². The fourth-order valence-electron chi connectivity index (χ4n) is 2.37. The van der Waals surface area contributed by atoms with Gasteiger partial charge >= 0.3 is 5.97 Å². The van der Waals surface area contributed by atoms with Crippen LogP contribution in [-0.4, -0.2) is 12.6 Å². The van der Waals surface area contributed by atoms with Crippen molar-refractivity contribution < 1.29 is 9.53 Å². The van der Waals surface area contributed by atoms with Crippen molar-refractivity contribution in [2.24, 2.45) is 11.3 Å². The maximum absolute atomic E-state index is 11.7. The Balaban J connectivity index is 2.21. The number of carbonyl (C=O) groups is 1. The smallest absolute Gasteiger partial charge is 0.315 e. The van der Waals surface area contributed by atoms with Gasteiger partial charge in [-0.25, -0.2) is 0 Å². The molecule has 1 heterocycles. The Morgan fingerprint density at radius 2 is 2.11 bits per heavy atom. The van der Waals surface area contributed by atoms with Crippen LogP contribution in [0.5, 0.6) is 0 Å². The molecule has 1 aliphatic heterocycles. The molecular formula is C17H22O2. The van der Waals surface area contributed by atoms with E-state index in [1.54, 1.807) is 0 Å². The minimum atomic E-state index is -0.453. The molecular weight excluding hydrogens is 236 g/mol. The van der Waals surface area contributed by atoms with Crippen LogP contribution in [0.25, 0.3) is 6.08 Å². The van der Waals surface area contributed by atoms with Crippen molar-refractivity contribution in [1.29, 1.82) is 0 Å². The van der Waals surface area contributed by atoms with E-state index < -0.39 is 5.41 Å². The summed E-state index contributed by atoms with van der Waals surface area (Å²) in [6, 6.07) is 8.38. The summed E-state index contributed by atoms with van der Waals surface area (Å²) in [6.07, 6.45) is 5.90. The van der Waals surface area contributed by atoms with Gasteiger partial charge in [-0.1, -0.05) is 50.3 Å². The third kappa shape index (κ3) is 3.25. The molecule has 1 aromatic carbocycles. The van der Waals surface area contributed by atoms with Crippen LogP contribution in [0.3, 0.4) is 0 Å². The zero-order valence-corrected chi connectivity index (χ0v) is 12.0. The summed E-state index contributed by atoms with van der Waals surface area (Å²) < 4.78 is 5.06. The predicted octanol–water partition coefficient (Wildman–Crippen LogP) is 3.85. The first-order valence-corrected chi connectivity index (χ1v) is 6.96. The van der Waals surface area contributed by atoms with Gasteiger partial charge in [0.05, 0.1) is 12.0 Å². The zero-order chi connectivity index (χ0) is 13.9. The molecule has 2 heteroatoms. The number of benzene rings is 1. The second kappa shape index (κ2) is 5.60. The fraction of sp³-hybridized carbons (Fsp3) is 0.471. The third-order valence-electron chi connectivity index (χ3n) is 3.63. The fourth-order valence-corrected chi connectivity index (χ4v) is 2.37. The number of cyclic esters (lactones) is 1. The number of hydrogen-bond donors (Lipinski definition) is 0. The van der Waals surface area contributed by atoms with Gasteiger partial charge in [0.2, 0.25) is 0 Å². The van der Waals surface area contributed by atoms with Crippen LogP contribution in [0.4, 0.5) is 0 Å². The Bertz CT molecular complexity index is 488. The first kappa shape index (κ1) is 13.9. The van der Waals surface area contributed by atoms with E-state index in [1.165, 1.54) is 11.1 Å². The molecule has 0 saturated carbocycles. The van der Waals surface area contributed by atoms with E-state index in [0.29, 0.717) is 12.5 Å². The van der Waals surface area contributed by atoms with Crippen molar-refractivity contribution in [3.8, 4) is 0 Å². The molecule has 0 radical (unpaired) electrons. The first-order valence-electron chi connectivity index (χ1n) is 6.96. The Morgan fingerprint density at radius 1 is 1.37 bits per heavy atom. The molecule has 0 aliphatic carbocycles. The molecule has 1 atom stereocenters. The van der Waals surface area contributed by atoms with Crippen LogP contribution < -0.4 is 0 Å². The number of rotatable bonds is 4. The van der Waals surface area contributed by atoms with Gasteiger partial charge in [0.1, 0.15) is 0 Å². The molecule has 0 bridgehead atoms. The van der Waals surface area contributed by atoms with Gasteiger partial charge in [-0.15, -0.1) is 0 Å². The Morgan fingerprint density at radius 3 is 2.74 bits per heavy atom. The van der Waals surface area contributed by atoms with Crippen LogP contribution in [0.2, 0.25) is 0 Å². The molecule has 0 N–H and O–H groups in total. The van der Waals surface area contributed by atoms with E-state index in [2.05, 4.69) is 38.1 Å². The van der Waals surface area contributed by atoms with Crippen LogP contribution in [0, 0.1) is 11.3 Å². The van der Waals surface area contributed by atoms with Gasteiger partial charge in [-0.05, 0) is 30.4 Å².